The number of ether oxygens (including phenoxy) is 1. The molecule has 2 atom stereocenters. The Morgan fingerprint density at radius 1 is 0.629 bits per heavy atom. The van der Waals surface area contributed by atoms with Crippen LogP contribution in [0.5, 0.6) is 0 Å². The van der Waals surface area contributed by atoms with Crippen LogP contribution in [0.2, 0.25) is 0 Å². The minimum Gasteiger partial charge on any atom is -0.481 e. The van der Waals surface area contributed by atoms with Crippen molar-refractivity contribution in [1.29, 1.82) is 0 Å². The molecule has 0 spiro atoms. The number of carbonyl (C=O) groups is 2. The van der Waals surface area contributed by atoms with Crippen LogP contribution >= 0.6 is 0 Å². The molecule has 1 saturated carbocycles. The molecule has 0 radical (unpaired) electrons. The van der Waals surface area contributed by atoms with Crippen LogP contribution in [0.1, 0.15) is 28.5 Å². The van der Waals surface area contributed by atoms with Crippen molar-refractivity contribution in [2.24, 2.45) is 11.8 Å². The van der Waals surface area contributed by atoms with Gasteiger partial charge in [-0.3, -0.25) is 9.59 Å². The third kappa shape index (κ3) is 4.47. The fourth-order valence-electron chi connectivity index (χ4n) is 5.32. The Hall–Kier alpha value is -4.18. The van der Waals surface area contributed by atoms with Crippen LogP contribution < -0.4 is 0 Å². The Labute approximate surface area is 204 Å². The van der Waals surface area contributed by atoms with E-state index in [4.69, 9.17) is 4.74 Å². The molecular weight excluding hydrogens is 436 g/mol. The second kappa shape index (κ2) is 9.98. The molecule has 0 bridgehead atoms. The number of aliphatic carboxylic acids is 1. The minimum absolute atomic E-state index is 0.126. The number of benzene rings is 4. The molecule has 5 rings (SSSR count). The zero-order valence-corrected chi connectivity index (χ0v) is 19.2. The number of hydrogen-bond acceptors (Lipinski definition) is 3. The lowest BCUT2D eigenvalue weighted by atomic mass is 9.52. The van der Waals surface area contributed by atoms with Gasteiger partial charge in [0.05, 0.1) is 11.8 Å². The van der Waals surface area contributed by atoms with Crippen molar-refractivity contribution >= 4 is 11.9 Å². The lowest BCUT2D eigenvalue weighted by Gasteiger charge is -2.49. The molecule has 4 heteroatoms. The van der Waals surface area contributed by atoms with E-state index in [1.807, 2.05) is 115 Å². The van der Waals surface area contributed by atoms with E-state index in [1.54, 1.807) is 0 Å². The van der Waals surface area contributed by atoms with Crippen LogP contribution in [0.15, 0.2) is 115 Å². The number of carboxylic acid groups (broad SMARTS) is 1. The predicted octanol–water partition coefficient (Wildman–Crippen LogP) is 6.30. The number of esters is 1. The second-order valence-corrected chi connectivity index (χ2v) is 8.89. The maximum Gasteiger partial charge on any atom is 0.310 e. The second-order valence-electron chi connectivity index (χ2n) is 8.89. The molecular formula is C31H26O4. The van der Waals surface area contributed by atoms with Gasteiger partial charge in [-0.25, -0.2) is 0 Å². The van der Waals surface area contributed by atoms with Crippen molar-refractivity contribution in [2.75, 3.05) is 0 Å². The van der Waals surface area contributed by atoms with Gasteiger partial charge in [-0.15, -0.1) is 0 Å². The number of carboxylic acids is 1. The summed E-state index contributed by atoms with van der Waals surface area (Å²) in [5.41, 5.74) is 4.67. The summed E-state index contributed by atoms with van der Waals surface area (Å²) in [6, 6.07) is 36.7. The van der Waals surface area contributed by atoms with Crippen molar-refractivity contribution in [3.05, 3.63) is 132 Å². The molecule has 4 aromatic rings. The smallest absolute Gasteiger partial charge is 0.310 e. The Balaban J connectivity index is 1.44. The number of rotatable bonds is 7. The highest BCUT2D eigenvalue weighted by atomic mass is 16.5. The Morgan fingerprint density at radius 3 is 1.66 bits per heavy atom. The molecule has 1 N–H and O–H groups in total. The third-order valence-electron chi connectivity index (χ3n) is 6.95. The zero-order chi connectivity index (χ0) is 24.2. The summed E-state index contributed by atoms with van der Waals surface area (Å²) in [6.07, 6.45) is 0. The van der Waals surface area contributed by atoms with E-state index >= 15 is 0 Å². The number of hydrogen-bond donors (Lipinski definition) is 1. The first-order valence-electron chi connectivity index (χ1n) is 11.8. The van der Waals surface area contributed by atoms with Gasteiger partial charge in [-0.2, -0.15) is 0 Å². The summed E-state index contributed by atoms with van der Waals surface area (Å²) >= 11 is 0. The average Bonchev–Trinajstić information content (AvgIpc) is 2.89. The molecule has 0 aromatic heterocycles. The molecule has 1 aliphatic carbocycles. The van der Waals surface area contributed by atoms with Gasteiger partial charge < -0.3 is 9.84 Å². The van der Waals surface area contributed by atoms with Crippen LogP contribution in [0, 0.1) is 11.8 Å². The molecule has 1 aliphatic rings. The third-order valence-corrected chi connectivity index (χ3v) is 6.95. The number of carbonyl (C=O) groups excluding carboxylic acids is 1. The van der Waals surface area contributed by atoms with Crippen molar-refractivity contribution in [3.63, 3.8) is 0 Å². The van der Waals surface area contributed by atoms with Crippen LogP contribution in [-0.2, 0) is 20.9 Å². The van der Waals surface area contributed by atoms with Gasteiger partial charge in [0.2, 0.25) is 0 Å². The van der Waals surface area contributed by atoms with E-state index in [2.05, 4.69) is 0 Å². The highest BCUT2D eigenvalue weighted by Crippen LogP contribution is 2.58. The quantitative estimate of drug-likeness (QED) is 0.328. The van der Waals surface area contributed by atoms with Crippen molar-refractivity contribution in [3.8, 4) is 11.1 Å². The fourth-order valence-corrected chi connectivity index (χ4v) is 5.32. The van der Waals surface area contributed by atoms with Crippen LogP contribution in [0.4, 0.5) is 0 Å². The van der Waals surface area contributed by atoms with E-state index < -0.39 is 29.6 Å². The van der Waals surface area contributed by atoms with Crippen molar-refractivity contribution < 1.29 is 19.4 Å². The first-order chi connectivity index (χ1) is 17.1. The first kappa shape index (κ1) is 22.6. The molecule has 0 amide bonds. The maximum atomic E-state index is 13.6. The summed E-state index contributed by atoms with van der Waals surface area (Å²) in [4.78, 5) is 25.9. The summed E-state index contributed by atoms with van der Waals surface area (Å²) in [5.74, 6) is -3.44. The van der Waals surface area contributed by atoms with E-state index in [0.29, 0.717) is 0 Å². The predicted molar refractivity (Wildman–Crippen MR) is 135 cm³/mol. The summed E-state index contributed by atoms with van der Waals surface area (Å²) in [7, 11) is 0. The van der Waals surface area contributed by atoms with E-state index in [1.165, 1.54) is 0 Å². The highest BCUT2D eigenvalue weighted by Gasteiger charge is 2.59. The summed E-state index contributed by atoms with van der Waals surface area (Å²) < 4.78 is 5.89. The normalized spacial score (nSPS) is 21.0. The van der Waals surface area contributed by atoms with Crippen LogP contribution in [-0.4, -0.2) is 17.0 Å². The van der Waals surface area contributed by atoms with Crippen LogP contribution in [0.3, 0.4) is 0 Å². The lowest BCUT2D eigenvalue weighted by molar-refractivity contribution is -0.165. The Kier molecular flexibility index (Phi) is 6.44. The Morgan fingerprint density at radius 2 is 1.11 bits per heavy atom. The Bertz CT molecular complexity index is 1250. The van der Waals surface area contributed by atoms with E-state index in [0.717, 1.165) is 27.8 Å². The minimum atomic E-state index is -0.897. The van der Waals surface area contributed by atoms with Gasteiger partial charge >= 0.3 is 11.9 Å². The van der Waals surface area contributed by atoms with Gasteiger partial charge in [0, 0.05) is 11.8 Å². The SMILES string of the molecule is O=C(O)[C@H]1C(c2ccccc2)[C@@H](C(=O)OCc2ccccc2-c2ccccc2)C1c1ccccc1. The summed E-state index contributed by atoms with van der Waals surface area (Å²) in [5, 5.41) is 10.1. The molecule has 0 aliphatic heterocycles. The van der Waals surface area contributed by atoms with Gasteiger partial charge in [0.15, 0.2) is 0 Å². The van der Waals surface area contributed by atoms with Gasteiger partial charge in [-0.05, 0) is 27.8 Å². The molecule has 35 heavy (non-hydrogen) atoms. The maximum absolute atomic E-state index is 13.6. The molecule has 1 fully saturated rings. The lowest BCUT2D eigenvalue weighted by Crippen LogP contribution is -2.51. The molecule has 0 heterocycles. The van der Waals surface area contributed by atoms with Crippen molar-refractivity contribution in [2.45, 2.75) is 18.4 Å². The monoisotopic (exact) mass is 462 g/mol. The molecule has 4 nitrogen and oxygen atoms in total. The topological polar surface area (TPSA) is 63.6 Å². The largest absolute Gasteiger partial charge is 0.481 e. The van der Waals surface area contributed by atoms with Gasteiger partial charge in [0.1, 0.15) is 6.61 Å². The molecule has 2 unspecified atom stereocenters. The average molecular weight is 463 g/mol. The summed E-state index contributed by atoms with van der Waals surface area (Å²) in [6.45, 7) is 0.126. The molecule has 174 valence electrons. The standard InChI is InChI=1S/C31H26O4/c32-30(33)28-26(22-14-6-2-7-15-22)29(27(28)23-16-8-3-9-17-23)31(34)35-20-24-18-10-11-19-25(24)21-12-4-1-5-13-21/h1-19,26-29H,20H2,(H,32,33)/t26?,27?,28-,29+. The molecule has 0 saturated heterocycles. The molecule has 4 aromatic carbocycles. The highest BCUT2D eigenvalue weighted by molar-refractivity contribution is 5.84. The van der Waals surface area contributed by atoms with Crippen LogP contribution in [0.25, 0.3) is 11.1 Å². The van der Waals surface area contributed by atoms with E-state index in [-0.39, 0.29) is 12.6 Å². The van der Waals surface area contributed by atoms with Gasteiger partial charge in [-0.1, -0.05) is 115 Å². The zero-order valence-electron chi connectivity index (χ0n) is 19.2. The first-order valence-corrected chi connectivity index (χ1v) is 11.8. The van der Waals surface area contributed by atoms with E-state index in [9.17, 15) is 14.7 Å². The van der Waals surface area contributed by atoms with Gasteiger partial charge in [0.25, 0.3) is 0 Å². The van der Waals surface area contributed by atoms with Crippen molar-refractivity contribution in [1.82, 2.24) is 0 Å². The fraction of sp³-hybridized carbons (Fsp3) is 0.161.